The molecular formula is C43H85NO4. The normalized spacial score (nSPS) is 12.1. The first-order valence-corrected chi connectivity index (χ1v) is 21.6. The Balaban J connectivity index is 3.71. The van der Waals surface area contributed by atoms with Gasteiger partial charge in [-0.25, -0.2) is 0 Å². The van der Waals surface area contributed by atoms with Crippen molar-refractivity contribution in [2.75, 3.05) is 19.7 Å². The van der Waals surface area contributed by atoms with Gasteiger partial charge in [0.25, 0.3) is 0 Å². The van der Waals surface area contributed by atoms with Crippen molar-refractivity contribution in [2.45, 2.75) is 239 Å². The predicted octanol–water partition coefficient (Wildman–Crippen LogP) is 13.2. The molecular weight excluding hydrogens is 594 g/mol. The van der Waals surface area contributed by atoms with Gasteiger partial charge < -0.3 is 14.8 Å². The number of rotatable bonds is 39. The van der Waals surface area contributed by atoms with Gasteiger partial charge in [0.15, 0.2) is 0 Å². The summed E-state index contributed by atoms with van der Waals surface area (Å²) >= 11 is 0. The molecule has 0 aromatic heterocycles. The minimum absolute atomic E-state index is 0.0107. The van der Waals surface area contributed by atoms with Gasteiger partial charge in [-0.05, 0) is 76.8 Å². The summed E-state index contributed by atoms with van der Waals surface area (Å²) in [6.45, 7) is 11.7. The van der Waals surface area contributed by atoms with E-state index in [2.05, 4.69) is 33.0 Å². The van der Waals surface area contributed by atoms with E-state index in [1.165, 1.54) is 148 Å². The molecule has 0 heterocycles. The van der Waals surface area contributed by atoms with Crippen molar-refractivity contribution in [3.63, 3.8) is 0 Å². The Labute approximate surface area is 300 Å². The SMILES string of the molecule is CCCCCCCCCC(=O)OCC(C)CCCCCNCCCCCCCC(=O)OC(CCCCCCCC)CCCCCCCC. The zero-order valence-electron chi connectivity index (χ0n) is 33.0. The van der Waals surface area contributed by atoms with E-state index in [1.54, 1.807) is 0 Å². The van der Waals surface area contributed by atoms with E-state index in [0.29, 0.717) is 25.4 Å². The molecule has 5 nitrogen and oxygen atoms in total. The molecule has 0 aromatic carbocycles. The van der Waals surface area contributed by atoms with Gasteiger partial charge >= 0.3 is 11.9 Å². The average molecular weight is 680 g/mol. The van der Waals surface area contributed by atoms with Gasteiger partial charge in [-0.15, -0.1) is 0 Å². The lowest BCUT2D eigenvalue weighted by molar-refractivity contribution is -0.150. The van der Waals surface area contributed by atoms with Crippen molar-refractivity contribution in [3.05, 3.63) is 0 Å². The number of carbonyl (C=O) groups excluding carboxylic acids is 2. The van der Waals surface area contributed by atoms with Crippen LogP contribution in [-0.2, 0) is 19.1 Å². The summed E-state index contributed by atoms with van der Waals surface area (Å²) in [6, 6.07) is 0. The molecule has 0 radical (unpaired) electrons. The molecule has 0 saturated heterocycles. The van der Waals surface area contributed by atoms with Crippen LogP contribution in [0.5, 0.6) is 0 Å². The van der Waals surface area contributed by atoms with Crippen LogP contribution in [0.1, 0.15) is 233 Å². The maximum Gasteiger partial charge on any atom is 0.306 e. The maximum absolute atomic E-state index is 12.6. The van der Waals surface area contributed by atoms with E-state index in [-0.39, 0.29) is 18.0 Å². The predicted molar refractivity (Wildman–Crippen MR) is 208 cm³/mol. The fraction of sp³-hybridized carbons (Fsp3) is 0.953. The monoisotopic (exact) mass is 680 g/mol. The summed E-state index contributed by atoms with van der Waals surface area (Å²) in [7, 11) is 0. The Morgan fingerprint density at radius 1 is 0.458 bits per heavy atom. The second kappa shape index (κ2) is 38.7. The van der Waals surface area contributed by atoms with E-state index in [0.717, 1.165) is 58.0 Å². The molecule has 0 aromatic rings. The molecule has 5 heteroatoms. The number of nitrogens with one attached hydrogen (secondary N) is 1. The van der Waals surface area contributed by atoms with Crippen molar-refractivity contribution >= 4 is 11.9 Å². The van der Waals surface area contributed by atoms with Crippen LogP contribution in [0.25, 0.3) is 0 Å². The molecule has 0 amide bonds. The highest BCUT2D eigenvalue weighted by molar-refractivity contribution is 5.69. The fourth-order valence-corrected chi connectivity index (χ4v) is 6.52. The summed E-state index contributed by atoms with van der Waals surface area (Å²) < 4.78 is 11.5. The topological polar surface area (TPSA) is 64.6 Å². The van der Waals surface area contributed by atoms with E-state index >= 15 is 0 Å². The summed E-state index contributed by atoms with van der Waals surface area (Å²) in [5.74, 6) is 0.478. The first kappa shape index (κ1) is 46.9. The molecule has 1 N–H and O–H groups in total. The minimum Gasteiger partial charge on any atom is -0.465 e. The van der Waals surface area contributed by atoms with Crippen LogP contribution >= 0.6 is 0 Å². The van der Waals surface area contributed by atoms with Crippen molar-refractivity contribution < 1.29 is 19.1 Å². The average Bonchev–Trinajstić information content (AvgIpc) is 3.08. The standard InChI is InChI=1S/C43H85NO4/c1-5-8-11-14-17-21-28-35-42(45)47-39-40(4)32-25-24-31-38-44-37-30-23-18-22-29-36-43(46)48-41(33-26-19-15-12-9-6-2)34-27-20-16-13-10-7-3/h40-41,44H,5-39H2,1-4H3. The molecule has 0 saturated carbocycles. The molecule has 0 rings (SSSR count). The number of carbonyl (C=O) groups is 2. The van der Waals surface area contributed by atoms with Crippen molar-refractivity contribution in [2.24, 2.45) is 5.92 Å². The third-order valence-corrected chi connectivity index (χ3v) is 9.86. The third-order valence-electron chi connectivity index (χ3n) is 9.86. The van der Waals surface area contributed by atoms with Crippen LogP contribution in [-0.4, -0.2) is 37.7 Å². The molecule has 0 fully saturated rings. The van der Waals surface area contributed by atoms with Crippen LogP contribution in [0.15, 0.2) is 0 Å². The lowest BCUT2D eigenvalue weighted by atomic mass is 10.0. The van der Waals surface area contributed by atoms with Gasteiger partial charge in [-0.3, -0.25) is 9.59 Å². The molecule has 286 valence electrons. The summed E-state index contributed by atoms with van der Waals surface area (Å²) in [5.41, 5.74) is 0. The highest BCUT2D eigenvalue weighted by Crippen LogP contribution is 2.18. The molecule has 1 unspecified atom stereocenters. The van der Waals surface area contributed by atoms with Crippen LogP contribution < -0.4 is 5.32 Å². The van der Waals surface area contributed by atoms with Gasteiger partial charge in [0.05, 0.1) is 6.61 Å². The zero-order valence-corrected chi connectivity index (χ0v) is 33.0. The first-order valence-electron chi connectivity index (χ1n) is 21.6. The summed E-state index contributed by atoms with van der Waals surface area (Å²) in [5, 5.41) is 3.60. The van der Waals surface area contributed by atoms with Crippen molar-refractivity contribution in [3.8, 4) is 0 Å². The Morgan fingerprint density at radius 2 is 0.833 bits per heavy atom. The van der Waals surface area contributed by atoms with Crippen LogP contribution in [0, 0.1) is 5.92 Å². The Hall–Kier alpha value is -1.10. The molecule has 48 heavy (non-hydrogen) atoms. The van der Waals surface area contributed by atoms with Gasteiger partial charge in [-0.1, -0.05) is 163 Å². The van der Waals surface area contributed by atoms with Crippen LogP contribution in [0.3, 0.4) is 0 Å². The smallest absolute Gasteiger partial charge is 0.306 e. The molecule has 0 aliphatic rings. The molecule has 0 aliphatic heterocycles. The van der Waals surface area contributed by atoms with Gasteiger partial charge in [0.1, 0.15) is 6.10 Å². The molecule has 0 spiro atoms. The quantitative estimate of drug-likeness (QED) is 0.0517. The lowest BCUT2D eigenvalue weighted by Gasteiger charge is -2.18. The number of ether oxygens (including phenoxy) is 2. The minimum atomic E-state index is -0.0107. The van der Waals surface area contributed by atoms with E-state index in [9.17, 15) is 9.59 Å². The highest BCUT2D eigenvalue weighted by Gasteiger charge is 2.14. The van der Waals surface area contributed by atoms with E-state index < -0.39 is 0 Å². The number of esters is 2. The summed E-state index contributed by atoms with van der Waals surface area (Å²) in [4.78, 5) is 24.6. The fourth-order valence-electron chi connectivity index (χ4n) is 6.52. The van der Waals surface area contributed by atoms with E-state index in [4.69, 9.17) is 9.47 Å². The Morgan fingerprint density at radius 3 is 1.33 bits per heavy atom. The van der Waals surface area contributed by atoms with Crippen LogP contribution in [0.2, 0.25) is 0 Å². The zero-order chi connectivity index (χ0) is 35.2. The second-order valence-corrected chi connectivity index (χ2v) is 15.0. The number of unbranched alkanes of at least 4 members (excludes halogenated alkanes) is 22. The van der Waals surface area contributed by atoms with Gasteiger partial charge in [-0.2, -0.15) is 0 Å². The largest absolute Gasteiger partial charge is 0.465 e. The molecule has 0 bridgehead atoms. The highest BCUT2D eigenvalue weighted by atomic mass is 16.5. The number of hydrogen-bond donors (Lipinski definition) is 1. The Bertz CT molecular complexity index is 653. The second-order valence-electron chi connectivity index (χ2n) is 15.0. The lowest BCUT2D eigenvalue weighted by Crippen LogP contribution is -2.18. The third kappa shape index (κ3) is 36.2. The Kier molecular flexibility index (Phi) is 37.8. The number of hydrogen-bond acceptors (Lipinski definition) is 5. The summed E-state index contributed by atoms with van der Waals surface area (Å²) in [6.07, 6.45) is 38.1. The molecule has 0 aliphatic carbocycles. The van der Waals surface area contributed by atoms with Crippen molar-refractivity contribution in [1.29, 1.82) is 0 Å². The maximum atomic E-state index is 12.6. The van der Waals surface area contributed by atoms with E-state index in [1.807, 2.05) is 0 Å². The van der Waals surface area contributed by atoms with Crippen molar-refractivity contribution in [1.82, 2.24) is 5.32 Å². The molecule has 1 atom stereocenters. The van der Waals surface area contributed by atoms with Gasteiger partial charge in [0, 0.05) is 12.8 Å². The van der Waals surface area contributed by atoms with Crippen LogP contribution in [0.4, 0.5) is 0 Å². The van der Waals surface area contributed by atoms with Gasteiger partial charge in [0.2, 0.25) is 0 Å². The first-order chi connectivity index (χ1) is 23.5.